The minimum absolute atomic E-state index is 0.0118. The zero-order valence-corrected chi connectivity index (χ0v) is 13.5. The number of fused-ring (bicyclic) bond motifs is 1. The molecule has 0 spiro atoms. The van der Waals surface area contributed by atoms with Crippen LogP contribution in [-0.4, -0.2) is 19.1 Å². The van der Waals surface area contributed by atoms with E-state index in [2.05, 4.69) is 21.2 Å². The molecular formula is C17H16BrNO3. The molecule has 1 unspecified atom stereocenters. The summed E-state index contributed by atoms with van der Waals surface area (Å²) in [6, 6.07) is 15.2. The van der Waals surface area contributed by atoms with Gasteiger partial charge in [-0.3, -0.25) is 4.79 Å². The van der Waals surface area contributed by atoms with E-state index >= 15 is 0 Å². The Labute approximate surface area is 137 Å². The summed E-state index contributed by atoms with van der Waals surface area (Å²) in [5, 5.41) is 3.01. The third kappa shape index (κ3) is 3.42. The van der Waals surface area contributed by atoms with Gasteiger partial charge in [0.15, 0.2) is 6.61 Å². The molecule has 2 aromatic carbocycles. The molecule has 0 saturated heterocycles. The Kier molecular flexibility index (Phi) is 4.63. The van der Waals surface area contributed by atoms with E-state index in [4.69, 9.17) is 9.47 Å². The number of ether oxygens (including phenoxy) is 2. The summed E-state index contributed by atoms with van der Waals surface area (Å²) in [7, 11) is 0. The van der Waals surface area contributed by atoms with Crippen molar-refractivity contribution in [3.63, 3.8) is 0 Å². The van der Waals surface area contributed by atoms with E-state index in [1.165, 1.54) is 0 Å². The van der Waals surface area contributed by atoms with Gasteiger partial charge >= 0.3 is 0 Å². The quantitative estimate of drug-likeness (QED) is 0.906. The monoisotopic (exact) mass is 361 g/mol. The number of nitrogens with one attached hydrogen (secondary N) is 1. The number of hydrogen-bond donors (Lipinski definition) is 1. The van der Waals surface area contributed by atoms with Crippen molar-refractivity contribution >= 4 is 21.8 Å². The number of para-hydroxylation sites is 2. The van der Waals surface area contributed by atoms with Crippen LogP contribution in [0.2, 0.25) is 0 Å². The Morgan fingerprint density at radius 2 is 2.00 bits per heavy atom. The molecule has 1 atom stereocenters. The van der Waals surface area contributed by atoms with Crippen LogP contribution in [0.15, 0.2) is 53.0 Å². The van der Waals surface area contributed by atoms with Crippen LogP contribution >= 0.6 is 15.9 Å². The van der Waals surface area contributed by atoms with Crippen molar-refractivity contribution in [2.24, 2.45) is 0 Å². The van der Waals surface area contributed by atoms with Gasteiger partial charge in [0.2, 0.25) is 0 Å². The molecule has 0 fully saturated rings. The van der Waals surface area contributed by atoms with Gasteiger partial charge in [0.05, 0.1) is 17.1 Å². The van der Waals surface area contributed by atoms with Gasteiger partial charge in [-0.2, -0.15) is 0 Å². The second-order valence-electron chi connectivity index (χ2n) is 5.01. The van der Waals surface area contributed by atoms with Crippen LogP contribution in [-0.2, 0) is 4.79 Å². The van der Waals surface area contributed by atoms with Crippen LogP contribution in [0.3, 0.4) is 0 Å². The van der Waals surface area contributed by atoms with Crippen LogP contribution in [0, 0.1) is 0 Å². The Bertz CT molecular complexity index is 674. The highest BCUT2D eigenvalue weighted by Gasteiger charge is 2.22. The van der Waals surface area contributed by atoms with E-state index < -0.39 is 0 Å². The van der Waals surface area contributed by atoms with Crippen molar-refractivity contribution < 1.29 is 14.3 Å². The van der Waals surface area contributed by atoms with Gasteiger partial charge in [0.25, 0.3) is 5.91 Å². The van der Waals surface area contributed by atoms with E-state index in [0.717, 1.165) is 22.2 Å². The van der Waals surface area contributed by atoms with Crippen molar-refractivity contribution in [1.29, 1.82) is 0 Å². The van der Waals surface area contributed by atoms with Gasteiger partial charge in [-0.1, -0.05) is 30.3 Å². The van der Waals surface area contributed by atoms with Gasteiger partial charge in [-0.15, -0.1) is 0 Å². The number of carbonyl (C=O) groups is 1. The number of rotatable bonds is 4. The lowest BCUT2D eigenvalue weighted by molar-refractivity contribution is -0.124. The smallest absolute Gasteiger partial charge is 0.258 e. The second kappa shape index (κ2) is 6.83. The fraction of sp³-hybridized carbons (Fsp3) is 0.235. The van der Waals surface area contributed by atoms with E-state index in [1.54, 1.807) is 0 Å². The molecule has 3 rings (SSSR count). The summed E-state index contributed by atoms with van der Waals surface area (Å²) in [4.78, 5) is 12.1. The molecule has 1 amide bonds. The molecule has 1 heterocycles. The standard InChI is InChI=1S/C17H16BrNO3/c18-13-6-2-4-8-16(13)22-11-17(20)19-14-9-10-21-15-7-3-1-5-12(14)15/h1-8,14H,9-11H2,(H,19,20). The number of hydrogen-bond acceptors (Lipinski definition) is 3. The average Bonchev–Trinajstić information content (AvgIpc) is 2.54. The van der Waals surface area contributed by atoms with Gasteiger partial charge in [0.1, 0.15) is 11.5 Å². The maximum atomic E-state index is 12.1. The van der Waals surface area contributed by atoms with Crippen LogP contribution < -0.4 is 14.8 Å². The number of amides is 1. The largest absolute Gasteiger partial charge is 0.493 e. The molecule has 1 N–H and O–H groups in total. The Hall–Kier alpha value is -2.01. The molecule has 5 heteroatoms. The summed E-state index contributed by atoms with van der Waals surface area (Å²) in [6.07, 6.45) is 0.762. The zero-order valence-electron chi connectivity index (χ0n) is 11.9. The molecular weight excluding hydrogens is 346 g/mol. The minimum Gasteiger partial charge on any atom is -0.493 e. The summed E-state index contributed by atoms with van der Waals surface area (Å²) >= 11 is 3.39. The average molecular weight is 362 g/mol. The molecule has 2 aromatic rings. The topological polar surface area (TPSA) is 47.6 Å². The first-order chi connectivity index (χ1) is 10.7. The van der Waals surface area contributed by atoms with E-state index in [-0.39, 0.29) is 18.6 Å². The molecule has 0 saturated carbocycles. The third-order valence-corrected chi connectivity index (χ3v) is 4.14. The minimum atomic E-state index is -0.141. The summed E-state index contributed by atoms with van der Waals surface area (Å²) in [5.74, 6) is 1.35. The van der Waals surface area contributed by atoms with E-state index in [9.17, 15) is 4.79 Å². The highest BCUT2D eigenvalue weighted by Crippen LogP contribution is 2.31. The van der Waals surface area contributed by atoms with Gasteiger partial charge in [0, 0.05) is 12.0 Å². The molecule has 0 aliphatic carbocycles. The predicted molar refractivity (Wildman–Crippen MR) is 87.1 cm³/mol. The Balaban J connectivity index is 1.60. The van der Waals surface area contributed by atoms with Crippen LogP contribution in [0.5, 0.6) is 11.5 Å². The highest BCUT2D eigenvalue weighted by molar-refractivity contribution is 9.10. The lowest BCUT2D eigenvalue weighted by Gasteiger charge is -2.26. The lowest BCUT2D eigenvalue weighted by Crippen LogP contribution is -2.35. The Morgan fingerprint density at radius 3 is 2.86 bits per heavy atom. The first-order valence-corrected chi connectivity index (χ1v) is 7.92. The van der Waals surface area contributed by atoms with Crippen LogP contribution in [0.25, 0.3) is 0 Å². The molecule has 4 nitrogen and oxygen atoms in total. The predicted octanol–water partition coefficient (Wildman–Crippen LogP) is 3.47. The first kappa shape index (κ1) is 14.9. The normalized spacial score (nSPS) is 16.3. The summed E-state index contributed by atoms with van der Waals surface area (Å²) < 4.78 is 12.0. The number of halogens is 1. The molecule has 0 radical (unpaired) electrons. The molecule has 22 heavy (non-hydrogen) atoms. The fourth-order valence-electron chi connectivity index (χ4n) is 2.43. The van der Waals surface area contributed by atoms with Crippen molar-refractivity contribution in [2.75, 3.05) is 13.2 Å². The van der Waals surface area contributed by atoms with Crippen molar-refractivity contribution in [3.8, 4) is 11.5 Å². The van der Waals surface area contributed by atoms with Crippen molar-refractivity contribution in [3.05, 3.63) is 58.6 Å². The first-order valence-electron chi connectivity index (χ1n) is 7.12. The van der Waals surface area contributed by atoms with E-state index in [0.29, 0.717) is 12.4 Å². The van der Waals surface area contributed by atoms with E-state index in [1.807, 2.05) is 48.5 Å². The molecule has 114 valence electrons. The highest BCUT2D eigenvalue weighted by atomic mass is 79.9. The maximum Gasteiger partial charge on any atom is 0.258 e. The fourth-order valence-corrected chi connectivity index (χ4v) is 2.83. The number of benzene rings is 2. The molecule has 0 bridgehead atoms. The van der Waals surface area contributed by atoms with Crippen molar-refractivity contribution in [2.45, 2.75) is 12.5 Å². The van der Waals surface area contributed by atoms with Crippen LogP contribution in [0.4, 0.5) is 0 Å². The summed E-state index contributed by atoms with van der Waals surface area (Å²) in [5.41, 5.74) is 1.02. The van der Waals surface area contributed by atoms with Gasteiger partial charge in [-0.25, -0.2) is 0 Å². The van der Waals surface area contributed by atoms with Gasteiger partial charge in [-0.05, 0) is 34.1 Å². The SMILES string of the molecule is O=C(COc1ccccc1Br)NC1CCOc2ccccc21. The molecule has 1 aliphatic rings. The third-order valence-electron chi connectivity index (χ3n) is 3.49. The summed E-state index contributed by atoms with van der Waals surface area (Å²) in [6.45, 7) is 0.592. The second-order valence-corrected chi connectivity index (χ2v) is 5.87. The van der Waals surface area contributed by atoms with Crippen molar-refractivity contribution in [1.82, 2.24) is 5.32 Å². The zero-order chi connectivity index (χ0) is 15.4. The lowest BCUT2D eigenvalue weighted by atomic mass is 10.0. The molecule has 1 aliphatic heterocycles. The molecule has 0 aromatic heterocycles. The Morgan fingerprint density at radius 1 is 1.23 bits per heavy atom. The van der Waals surface area contributed by atoms with Gasteiger partial charge < -0.3 is 14.8 Å². The van der Waals surface area contributed by atoms with Crippen LogP contribution in [0.1, 0.15) is 18.0 Å². The maximum absolute atomic E-state index is 12.1. The number of carbonyl (C=O) groups excluding carboxylic acids is 1.